The Morgan fingerprint density at radius 3 is 2.36 bits per heavy atom. The van der Waals surface area contributed by atoms with E-state index in [9.17, 15) is 13.2 Å². The summed E-state index contributed by atoms with van der Waals surface area (Å²) in [6.45, 7) is 5.02. The van der Waals surface area contributed by atoms with Crippen LogP contribution in [0.2, 0.25) is 5.02 Å². The normalized spacial score (nSPS) is 15.5. The first-order valence-electron chi connectivity index (χ1n) is 9.01. The average Bonchev–Trinajstić information content (AvgIpc) is 2.69. The molecule has 1 aliphatic rings. The second-order valence-electron chi connectivity index (χ2n) is 6.75. The van der Waals surface area contributed by atoms with Crippen LogP contribution in [0.5, 0.6) is 5.75 Å². The highest BCUT2D eigenvalue weighted by Crippen LogP contribution is 2.25. The largest absolute Gasteiger partial charge is 0.484 e. The van der Waals surface area contributed by atoms with E-state index < -0.39 is 10.0 Å². The van der Waals surface area contributed by atoms with Crippen molar-refractivity contribution >= 4 is 27.5 Å². The van der Waals surface area contributed by atoms with Gasteiger partial charge in [0.25, 0.3) is 5.91 Å². The lowest BCUT2D eigenvalue weighted by Gasteiger charge is -2.34. The van der Waals surface area contributed by atoms with Crippen LogP contribution in [-0.2, 0) is 14.8 Å². The Kier molecular flexibility index (Phi) is 6.27. The summed E-state index contributed by atoms with van der Waals surface area (Å²) in [5.74, 6) is 0.490. The number of sulfonamides is 1. The number of hydrogen-bond acceptors (Lipinski definition) is 4. The van der Waals surface area contributed by atoms with Gasteiger partial charge in [0.1, 0.15) is 10.6 Å². The summed E-state index contributed by atoms with van der Waals surface area (Å²) in [6.07, 6.45) is 0. The number of hydrogen-bond donors (Lipinski definition) is 0. The van der Waals surface area contributed by atoms with Gasteiger partial charge in [0.05, 0.1) is 5.02 Å². The maximum Gasteiger partial charge on any atom is 0.260 e. The molecule has 0 saturated carbocycles. The van der Waals surface area contributed by atoms with Crippen LogP contribution in [0.15, 0.2) is 47.4 Å². The van der Waals surface area contributed by atoms with Gasteiger partial charge in [0.15, 0.2) is 6.61 Å². The zero-order chi connectivity index (χ0) is 20.3. The molecule has 1 saturated heterocycles. The minimum atomic E-state index is -3.67. The molecule has 1 fully saturated rings. The fourth-order valence-electron chi connectivity index (χ4n) is 3.01. The number of nitrogens with zero attached hydrogens (tertiary/aromatic N) is 2. The smallest absolute Gasteiger partial charge is 0.260 e. The van der Waals surface area contributed by atoms with E-state index in [2.05, 4.69) is 0 Å². The second-order valence-corrected chi connectivity index (χ2v) is 9.06. The molecule has 6 nitrogen and oxygen atoms in total. The molecule has 0 unspecified atom stereocenters. The highest BCUT2D eigenvalue weighted by atomic mass is 35.5. The fraction of sp³-hybridized carbons (Fsp3) is 0.350. The van der Waals surface area contributed by atoms with Crippen LogP contribution in [0.25, 0.3) is 0 Å². The van der Waals surface area contributed by atoms with Crippen LogP contribution in [-0.4, -0.2) is 56.3 Å². The van der Waals surface area contributed by atoms with Crippen molar-refractivity contribution in [2.75, 3.05) is 32.8 Å². The number of aryl methyl sites for hydroxylation is 2. The van der Waals surface area contributed by atoms with E-state index in [1.54, 1.807) is 23.1 Å². The first-order valence-corrected chi connectivity index (χ1v) is 10.8. The molecule has 0 atom stereocenters. The van der Waals surface area contributed by atoms with Gasteiger partial charge in [0, 0.05) is 26.2 Å². The van der Waals surface area contributed by atoms with E-state index in [4.69, 9.17) is 16.3 Å². The van der Waals surface area contributed by atoms with Gasteiger partial charge in [-0.15, -0.1) is 0 Å². The molecule has 8 heteroatoms. The summed E-state index contributed by atoms with van der Waals surface area (Å²) < 4.78 is 32.5. The lowest BCUT2D eigenvalue weighted by Crippen LogP contribution is -2.51. The lowest BCUT2D eigenvalue weighted by atomic mass is 10.1. The van der Waals surface area contributed by atoms with Gasteiger partial charge in [-0.3, -0.25) is 4.79 Å². The molecule has 2 aromatic rings. The Hall–Kier alpha value is -2.09. The van der Waals surface area contributed by atoms with Crippen molar-refractivity contribution in [1.29, 1.82) is 0 Å². The van der Waals surface area contributed by atoms with Crippen LogP contribution in [0.1, 0.15) is 11.1 Å². The quantitative estimate of drug-likeness (QED) is 0.743. The zero-order valence-corrected chi connectivity index (χ0v) is 17.5. The van der Waals surface area contributed by atoms with E-state index >= 15 is 0 Å². The number of amides is 1. The molecule has 0 aromatic heterocycles. The number of rotatable bonds is 5. The minimum Gasteiger partial charge on any atom is -0.484 e. The van der Waals surface area contributed by atoms with Crippen molar-refractivity contribution in [3.63, 3.8) is 0 Å². The summed E-state index contributed by atoms with van der Waals surface area (Å²) in [5, 5.41) is 0.197. The van der Waals surface area contributed by atoms with Crippen molar-refractivity contribution in [3.05, 3.63) is 58.6 Å². The van der Waals surface area contributed by atoms with Crippen LogP contribution in [0, 0.1) is 13.8 Å². The van der Waals surface area contributed by atoms with Crippen LogP contribution >= 0.6 is 11.6 Å². The predicted molar refractivity (Wildman–Crippen MR) is 108 cm³/mol. The van der Waals surface area contributed by atoms with Gasteiger partial charge in [0.2, 0.25) is 10.0 Å². The maximum atomic E-state index is 12.8. The summed E-state index contributed by atoms with van der Waals surface area (Å²) >= 11 is 6.04. The Balaban J connectivity index is 1.56. The number of piperazine rings is 1. The van der Waals surface area contributed by atoms with Crippen molar-refractivity contribution in [3.8, 4) is 5.75 Å². The first-order chi connectivity index (χ1) is 13.3. The maximum absolute atomic E-state index is 12.8. The van der Waals surface area contributed by atoms with Gasteiger partial charge in [-0.05, 0) is 49.2 Å². The monoisotopic (exact) mass is 422 g/mol. The molecule has 0 aliphatic carbocycles. The summed E-state index contributed by atoms with van der Waals surface area (Å²) in [7, 11) is -3.67. The van der Waals surface area contributed by atoms with E-state index in [-0.39, 0.29) is 35.5 Å². The molecule has 1 heterocycles. The van der Waals surface area contributed by atoms with Crippen molar-refractivity contribution in [2.45, 2.75) is 18.7 Å². The van der Waals surface area contributed by atoms with Crippen LogP contribution in [0.4, 0.5) is 0 Å². The van der Waals surface area contributed by atoms with Crippen molar-refractivity contribution in [1.82, 2.24) is 9.21 Å². The predicted octanol–water partition coefficient (Wildman–Crippen LogP) is 2.87. The lowest BCUT2D eigenvalue weighted by molar-refractivity contribution is -0.134. The fourth-order valence-corrected chi connectivity index (χ4v) is 4.93. The summed E-state index contributed by atoms with van der Waals surface area (Å²) in [6, 6.07) is 12.1. The second kappa shape index (κ2) is 8.51. The Morgan fingerprint density at radius 1 is 1.04 bits per heavy atom. The van der Waals surface area contributed by atoms with Gasteiger partial charge in [-0.25, -0.2) is 8.42 Å². The molecule has 1 aliphatic heterocycles. The molecule has 1 amide bonds. The molecule has 150 valence electrons. The van der Waals surface area contributed by atoms with Crippen LogP contribution in [0.3, 0.4) is 0 Å². The van der Waals surface area contributed by atoms with Gasteiger partial charge in [-0.2, -0.15) is 4.31 Å². The summed E-state index contributed by atoms with van der Waals surface area (Å²) in [4.78, 5) is 14.1. The molecule has 3 rings (SSSR count). The minimum absolute atomic E-state index is 0.0697. The topological polar surface area (TPSA) is 66.9 Å². The third-order valence-electron chi connectivity index (χ3n) is 4.89. The molecule has 2 aromatic carbocycles. The number of carbonyl (C=O) groups is 1. The van der Waals surface area contributed by atoms with E-state index in [0.29, 0.717) is 18.8 Å². The number of halogens is 1. The molecule has 0 N–H and O–H groups in total. The highest BCUT2D eigenvalue weighted by Gasteiger charge is 2.31. The van der Waals surface area contributed by atoms with Crippen molar-refractivity contribution < 1.29 is 17.9 Å². The third kappa shape index (κ3) is 4.48. The molecule has 0 radical (unpaired) electrons. The van der Waals surface area contributed by atoms with Gasteiger partial charge in [-0.1, -0.05) is 29.8 Å². The number of benzene rings is 2. The SMILES string of the molecule is Cc1ccc(OCC(=O)N2CCN(S(=O)(=O)c3ccccc3Cl)CC2)cc1C. The molecule has 0 bridgehead atoms. The van der Waals surface area contributed by atoms with Crippen LogP contribution < -0.4 is 4.74 Å². The first kappa shape index (κ1) is 20.6. The Labute approximate surface area is 170 Å². The van der Waals surface area contributed by atoms with Gasteiger partial charge >= 0.3 is 0 Å². The van der Waals surface area contributed by atoms with E-state index in [1.807, 2.05) is 32.0 Å². The van der Waals surface area contributed by atoms with E-state index in [1.165, 1.54) is 10.4 Å². The molecule has 0 spiro atoms. The molecule has 28 heavy (non-hydrogen) atoms. The molecular formula is C20H23ClN2O4S. The average molecular weight is 423 g/mol. The zero-order valence-electron chi connectivity index (χ0n) is 15.9. The Bertz CT molecular complexity index is 970. The Morgan fingerprint density at radius 2 is 1.71 bits per heavy atom. The van der Waals surface area contributed by atoms with Gasteiger partial charge < -0.3 is 9.64 Å². The standard InChI is InChI=1S/C20H23ClN2O4S/c1-15-7-8-17(13-16(15)2)27-14-20(24)22-9-11-23(12-10-22)28(25,26)19-6-4-3-5-18(19)21/h3-8,13H,9-12,14H2,1-2H3. The van der Waals surface area contributed by atoms with Crippen molar-refractivity contribution in [2.24, 2.45) is 0 Å². The number of ether oxygens (including phenoxy) is 1. The summed E-state index contributed by atoms with van der Waals surface area (Å²) in [5.41, 5.74) is 2.26. The van der Waals surface area contributed by atoms with E-state index in [0.717, 1.165) is 11.1 Å². The molecular weight excluding hydrogens is 400 g/mol. The third-order valence-corrected chi connectivity index (χ3v) is 7.28. The number of carbonyl (C=O) groups excluding carboxylic acids is 1. The highest BCUT2D eigenvalue weighted by molar-refractivity contribution is 7.89.